The molecule has 1 amide bonds. The molecule has 0 spiro atoms. The number of aromatic nitrogens is 4. The summed E-state index contributed by atoms with van der Waals surface area (Å²) < 4.78 is 41.3. The standard InChI is InChI=1S/C15H18ClF3N6O/c1-22-8-10(7-20-22)9-24-3-5-25(6-4-24)14(26)12-11(16)13(15(17,18)19)23(2)21-12/h7-8H,3-6,9H2,1-2H3. The first-order valence-corrected chi connectivity index (χ1v) is 8.33. The molecular formula is C15H18ClF3N6O. The molecule has 0 saturated carbocycles. The lowest BCUT2D eigenvalue weighted by Gasteiger charge is -2.34. The van der Waals surface area contributed by atoms with Crippen LogP contribution in [0.4, 0.5) is 13.2 Å². The second-order valence-electron chi connectivity index (χ2n) is 6.22. The highest BCUT2D eigenvalue weighted by molar-refractivity contribution is 6.34. The lowest BCUT2D eigenvalue weighted by molar-refractivity contribution is -0.143. The SMILES string of the molecule is Cn1cc(CN2CCN(C(=O)c3nn(C)c(C(F)(F)F)c3Cl)CC2)cn1. The highest BCUT2D eigenvalue weighted by Gasteiger charge is 2.40. The summed E-state index contributed by atoms with van der Waals surface area (Å²) in [6.07, 6.45) is -0.965. The molecule has 0 bridgehead atoms. The second kappa shape index (κ2) is 6.92. The lowest BCUT2D eigenvalue weighted by atomic mass is 10.2. The molecule has 3 heterocycles. The third-order valence-electron chi connectivity index (χ3n) is 4.28. The van der Waals surface area contributed by atoms with Gasteiger partial charge < -0.3 is 4.90 Å². The normalized spacial score (nSPS) is 16.3. The van der Waals surface area contributed by atoms with Crippen molar-refractivity contribution < 1.29 is 18.0 Å². The van der Waals surface area contributed by atoms with Crippen LogP contribution in [-0.2, 0) is 26.8 Å². The zero-order valence-corrected chi connectivity index (χ0v) is 15.0. The molecule has 0 atom stereocenters. The number of nitrogens with zero attached hydrogens (tertiary/aromatic N) is 6. The molecule has 1 fully saturated rings. The van der Waals surface area contributed by atoms with Gasteiger partial charge in [0.2, 0.25) is 0 Å². The zero-order chi connectivity index (χ0) is 19.1. The average molecular weight is 391 g/mol. The van der Waals surface area contributed by atoms with Crippen LogP contribution in [0.15, 0.2) is 12.4 Å². The summed E-state index contributed by atoms with van der Waals surface area (Å²) in [4.78, 5) is 16.2. The van der Waals surface area contributed by atoms with Crippen molar-refractivity contribution in [3.63, 3.8) is 0 Å². The minimum absolute atomic E-state index is 0.359. The van der Waals surface area contributed by atoms with Gasteiger partial charge in [0, 0.05) is 58.6 Å². The van der Waals surface area contributed by atoms with Gasteiger partial charge in [-0.05, 0) is 0 Å². The van der Waals surface area contributed by atoms with Crippen LogP contribution in [0.2, 0.25) is 5.02 Å². The van der Waals surface area contributed by atoms with Gasteiger partial charge in [0.1, 0.15) is 5.02 Å². The Kier molecular flexibility index (Phi) is 4.98. The first kappa shape index (κ1) is 18.7. The van der Waals surface area contributed by atoms with Crippen molar-refractivity contribution in [3.05, 3.63) is 34.4 Å². The Morgan fingerprint density at radius 1 is 1.23 bits per heavy atom. The van der Waals surface area contributed by atoms with Crippen LogP contribution in [0.1, 0.15) is 21.7 Å². The van der Waals surface area contributed by atoms with Gasteiger partial charge in [-0.2, -0.15) is 23.4 Å². The number of amides is 1. The molecule has 1 saturated heterocycles. The third-order valence-corrected chi connectivity index (χ3v) is 4.64. The maximum absolute atomic E-state index is 13.0. The molecule has 0 aliphatic carbocycles. The van der Waals surface area contributed by atoms with Gasteiger partial charge in [-0.15, -0.1) is 0 Å². The monoisotopic (exact) mass is 390 g/mol. The molecule has 7 nitrogen and oxygen atoms in total. The number of hydrogen-bond donors (Lipinski definition) is 0. The van der Waals surface area contributed by atoms with Crippen LogP contribution in [0, 0.1) is 0 Å². The van der Waals surface area contributed by atoms with Crippen molar-refractivity contribution >= 4 is 17.5 Å². The summed E-state index contributed by atoms with van der Waals surface area (Å²) in [6.45, 7) is 2.72. The molecule has 1 aliphatic rings. The zero-order valence-electron chi connectivity index (χ0n) is 14.3. The fourth-order valence-electron chi connectivity index (χ4n) is 3.01. The van der Waals surface area contributed by atoms with E-state index in [9.17, 15) is 18.0 Å². The van der Waals surface area contributed by atoms with Gasteiger partial charge in [0.15, 0.2) is 11.4 Å². The predicted molar refractivity (Wildman–Crippen MR) is 87.6 cm³/mol. The summed E-state index contributed by atoms with van der Waals surface area (Å²) in [7, 11) is 2.96. The highest BCUT2D eigenvalue weighted by Crippen LogP contribution is 2.36. The smallest absolute Gasteiger partial charge is 0.335 e. The molecule has 2 aromatic heterocycles. The Morgan fingerprint density at radius 3 is 2.38 bits per heavy atom. The number of rotatable bonds is 3. The van der Waals surface area contributed by atoms with Crippen molar-refractivity contribution in [2.45, 2.75) is 12.7 Å². The number of carbonyl (C=O) groups is 1. The largest absolute Gasteiger partial charge is 0.434 e. The summed E-state index contributed by atoms with van der Waals surface area (Å²) in [6, 6.07) is 0. The fourth-order valence-corrected chi connectivity index (χ4v) is 3.36. The van der Waals surface area contributed by atoms with Crippen LogP contribution < -0.4 is 0 Å². The topological polar surface area (TPSA) is 59.2 Å². The maximum atomic E-state index is 13.0. The summed E-state index contributed by atoms with van der Waals surface area (Å²) in [5, 5.41) is 7.15. The molecule has 2 aromatic rings. The summed E-state index contributed by atoms with van der Waals surface area (Å²) >= 11 is 5.80. The maximum Gasteiger partial charge on any atom is 0.434 e. The van der Waals surface area contributed by atoms with Gasteiger partial charge in [-0.1, -0.05) is 11.6 Å². The van der Waals surface area contributed by atoms with Crippen LogP contribution in [0.25, 0.3) is 0 Å². The van der Waals surface area contributed by atoms with E-state index >= 15 is 0 Å². The molecule has 11 heteroatoms. The van der Waals surface area contributed by atoms with Crippen LogP contribution in [-0.4, -0.2) is 61.4 Å². The van der Waals surface area contributed by atoms with E-state index in [-0.39, 0.29) is 5.69 Å². The van der Waals surface area contributed by atoms with E-state index in [1.807, 2.05) is 13.2 Å². The summed E-state index contributed by atoms with van der Waals surface area (Å²) in [5.41, 5.74) is -0.408. The van der Waals surface area contributed by atoms with Gasteiger partial charge in [-0.25, -0.2) is 0 Å². The van der Waals surface area contributed by atoms with Gasteiger partial charge >= 0.3 is 6.18 Å². The van der Waals surface area contributed by atoms with Crippen molar-refractivity contribution in [2.24, 2.45) is 14.1 Å². The van der Waals surface area contributed by atoms with Gasteiger partial charge in [0.05, 0.1) is 6.20 Å². The van der Waals surface area contributed by atoms with Crippen molar-refractivity contribution in [1.29, 1.82) is 0 Å². The second-order valence-corrected chi connectivity index (χ2v) is 6.60. The van der Waals surface area contributed by atoms with E-state index < -0.39 is 22.8 Å². The number of carbonyl (C=O) groups excluding carboxylic acids is 1. The van der Waals surface area contributed by atoms with Crippen LogP contribution >= 0.6 is 11.6 Å². The number of alkyl halides is 3. The van der Waals surface area contributed by atoms with Gasteiger partial charge in [-0.3, -0.25) is 19.1 Å². The molecule has 0 aromatic carbocycles. The van der Waals surface area contributed by atoms with Crippen LogP contribution in [0.3, 0.4) is 0 Å². The number of aryl methyl sites for hydroxylation is 2. The van der Waals surface area contributed by atoms with Crippen molar-refractivity contribution in [1.82, 2.24) is 29.4 Å². The lowest BCUT2D eigenvalue weighted by Crippen LogP contribution is -2.48. The van der Waals surface area contributed by atoms with E-state index in [1.54, 1.807) is 10.9 Å². The number of piperazine rings is 1. The number of hydrogen-bond acceptors (Lipinski definition) is 4. The molecular weight excluding hydrogens is 373 g/mol. The Bertz CT molecular complexity index is 807. The first-order chi connectivity index (χ1) is 12.2. The fraction of sp³-hybridized carbons (Fsp3) is 0.533. The van der Waals surface area contributed by atoms with Crippen molar-refractivity contribution in [3.8, 4) is 0 Å². The molecule has 142 valence electrons. The third kappa shape index (κ3) is 3.70. The van der Waals surface area contributed by atoms with E-state index in [2.05, 4.69) is 15.1 Å². The minimum atomic E-state index is -4.67. The highest BCUT2D eigenvalue weighted by atomic mass is 35.5. The Morgan fingerprint density at radius 2 is 1.88 bits per heavy atom. The van der Waals surface area contributed by atoms with E-state index in [0.717, 1.165) is 12.6 Å². The van der Waals surface area contributed by atoms with E-state index in [4.69, 9.17) is 11.6 Å². The van der Waals surface area contributed by atoms with Gasteiger partial charge in [0.25, 0.3) is 5.91 Å². The number of halogens is 4. The van der Waals surface area contributed by atoms with E-state index in [1.165, 1.54) is 4.90 Å². The van der Waals surface area contributed by atoms with Crippen LogP contribution in [0.5, 0.6) is 0 Å². The first-order valence-electron chi connectivity index (χ1n) is 7.95. The molecule has 0 N–H and O–H groups in total. The van der Waals surface area contributed by atoms with E-state index in [0.29, 0.717) is 37.4 Å². The predicted octanol–water partition coefficient (Wildman–Crippen LogP) is 1.78. The summed E-state index contributed by atoms with van der Waals surface area (Å²) in [5.74, 6) is -0.581. The molecule has 26 heavy (non-hydrogen) atoms. The Labute approximate surface area is 152 Å². The molecule has 3 rings (SSSR count). The Balaban J connectivity index is 1.65. The molecule has 1 aliphatic heterocycles. The Hall–Kier alpha value is -2.07. The van der Waals surface area contributed by atoms with Crippen molar-refractivity contribution in [2.75, 3.05) is 26.2 Å². The molecule has 0 radical (unpaired) electrons. The quantitative estimate of drug-likeness (QED) is 0.801. The minimum Gasteiger partial charge on any atom is -0.335 e. The average Bonchev–Trinajstić information content (AvgIpc) is 3.09. The molecule has 0 unspecified atom stereocenters.